The molecule has 0 aliphatic carbocycles. The molecule has 0 aliphatic heterocycles. The molecular formula is C22H17Cl2N3O4S. The molecule has 0 atom stereocenters. The Hall–Kier alpha value is -3.07. The summed E-state index contributed by atoms with van der Waals surface area (Å²) in [7, 11) is -4.25. The van der Waals surface area contributed by atoms with Gasteiger partial charge < -0.3 is 9.67 Å². The van der Waals surface area contributed by atoms with Crippen LogP contribution in [0.1, 0.15) is 5.56 Å². The molecular weight excluding hydrogens is 473 g/mol. The van der Waals surface area contributed by atoms with Crippen LogP contribution in [0.5, 0.6) is 0 Å². The van der Waals surface area contributed by atoms with Crippen LogP contribution in [0, 0.1) is 6.92 Å². The number of halogens is 2. The molecule has 164 valence electrons. The number of aromatic nitrogens is 2. The number of carboxylic acid groups (broad SMARTS) is 1. The lowest BCUT2D eigenvalue weighted by atomic mass is 10.2. The second kappa shape index (κ2) is 8.46. The van der Waals surface area contributed by atoms with Crippen molar-refractivity contribution in [2.45, 2.75) is 11.8 Å². The van der Waals surface area contributed by atoms with Gasteiger partial charge in [0.2, 0.25) is 0 Å². The van der Waals surface area contributed by atoms with Crippen LogP contribution < -0.4 is 4.31 Å². The molecule has 4 rings (SSSR count). The van der Waals surface area contributed by atoms with Crippen LogP contribution in [-0.2, 0) is 14.8 Å². The van der Waals surface area contributed by atoms with Gasteiger partial charge in [0.15, 0.2) is 0 Å². The fourth-order valence-corrected chi connectivity index (χ4v) is 5.51. The Balaban J connectivity index is 1.82. The van der Waals surface area contributed by atoms with Crippen molar-refractivity contribution in [3.63, 3.8) is 0 Å². The number of aryl methyl sites for hydroxylation is 1. The maximum Gasteiger partial charge on any atom is 0.324 e. The molecule has 0 aliphatic rings. The van der Waals surface area contributed by atoms with Gasteiger partial charge in [-0.3, -0.25) is 9.10 Å². The minimum absolute atomic E-state index is 0.129. The van der Waals surface area contributed by atoms with Crippen molar-refractivity contribution in [2.75, 3.05) is 10.8 Å². The van der Waals surface area contributed by atoms with E-state index in [9.17, 15) is 18.3 Å². The SMILES string of the molecule is Cc1ccnc(-n2ccc3cc(N(CC(=O)O)S(=O)(=O)c4cc(Cl)cc(Cl)c4)ccc32)c1. The number of anilines is 1. The van der Waals surface area contributed by atoms with Crippen LogP contribution in [0.4, 0.5) is 5.69 Å². The first kappa shape index (κ1) is 22.1. The van der Waals surface area contributed by atoms with Crippen molar-refractivity contribution in [3.05, 3.63) is 82.6 Å². The smallest absolute Gasteiger partial charge is 0.324 e. The van der Waals surface area contributed by atoms with Gasteiger partial charge in [0.25, 0.3) is 10.0 Å². The lowest BCUT2D eigenvalue weighted by molar-refractivity contribution is -0.135. The van der Waals surface area contributed by atoms with Gasteiger partial charge >= 0.3 is 5.97 Å². The largest absolute Gasteiger partial charge is 0.480 e. The monoisotopic (exact) mass is 489 g/mol. The van der Waals surface area contributed by atoms with E-state index in [4.69, 9.17) is 23.2 Å². The maximum absolute atomic E-state index is 13.3. The number of pyridine rings is 1. The zero-order valence-electron chi connectivity index (χ0n) is 16.7. The highest BCUT2D eigenvalue weighted by Gasteiger charge is 2.28. The minimum atomic E-state index is -4.25. The second-order valence-corrected chi connectivity index (χ2v) is 9.87. The van der Waals surface area contributed by atoms with Crippen LogP contribution in [-0.4, -0.2) is 35.6 Å². The van der Waals surface area contributed by atoms with Crippen molar-refractivity contribution < 1.29 is 18.3 Å². The molecule has 0 amide bonds. The Morgan fingerprint density at radius 3 is 2.44 bits per heavy atom. The van der Waals surface area contributed by atoms with E-state index in [0.717, 1.165) is 26.6 Å². The van der Waals surface area contributed by atoms with Crippen LogP contribution in [0.2, 0.25) is 10.0 Å². The van der Waals surface area contributed by atoms with Gasteiger partial charge in [-0.15, -0.1) is 0 Å². The lowest BCUT2D eigenvalue weighted by Crippen LogP contribution is -2.35. The number of fused-ring (bicyclic) bond motifs is 1. The number of carbonyl (C=O) groups is 1. The van der Waals surface area contributed by atoms with Crippen LogP contribution in [0.25, 0.3) is 16.7 Å². The number of nitrogens with zero attached hydrogens (tertiary/aromatic N) is 3. The molecule has 2 heterocycles. The van der Waals surface area contributed by atoms with Crippen LogP contribution in [0.15, 0.2) is 71.9 Å². The summed E-state index contributed by atoms with van der Waals surface area (Å²) in [6, 6.07) is 14.4. The summed E-state index contributed by atoms with van der Waals surface area (Å²) in [6.45, 7) is 1.20. The van der Waals surface area contributed by atoms with E-state index >= 15 is 0 Å². The minimum Gasteiger partial charge on any atom is -0.480 e. The number of carboxylic acids is 1. The molecule has 0 saturated carbocycles. The summed E-state index contributed by atoms with van der Waals surface area (Å²) in [5, 5.41) is 10.4. The Labute approximate surface area is 194 Å². The third-order valence-corrected chi connectivity index (χ3v) is 7.00. The van der Waals surface area contributed by atoms with Crippen molar-refractivity contribution in [2.24, 2.45) is 0 Å². The third kappa shape index (κ3) is 4.29. The van der Waals surface area contributed by atoms with E-state index in [1.165, 1.54) is 18.2 Å². The summed E-state index contributed by atoms with van der Waals surface area (Å²) in [6.07, 6.45) is 3.53. The van der Waals surface area contributed by atoms with Crippen molar-refractivity contribution in [3.8, 4) is 5.82 Å². The number of hydrogen-bond donors (Lipinski definition) is 1. The van der Waals surface area contributed by atoms with Gasteiger partial charge in [0.05, 0.1) is 16.1 Å². The van der Waals surface area contributed by atoms with Gasteiger partial charge in [0.1, 0.15) is 12.4 Å². The van der Waals surface area contributed by atoms with E-state index < -0.39 is 22.5 Å². The Morgan fingerprint density at radius 2 is 1.78 bits per heavy atom. The van der Waals surface area contributed by atoms with Gasteiger partial charge in [-0.05, 0) is 67.1 Å². The second-order valence-electron chi connectivity index (χ2n) is 7.13. The molecule has 7 nitrogen and oxygen atoms in total. The fraction of sp³-hybridized carbons (Fsp3) is 0.0909. The van der Waals surface area contributed by atoms with Crippen LogP contribution >= 0.6 is 23.2 Å². The van der Waals surface area contributed by atoms with E-state index in [1.54, 1.807) is 24.4 Å². The molecule has 10 heteroatoms. The normalized spacial score (nSPS) is 11.6. The molecule has 4 aromatic rings. The fourth-order valence-electron chi connectivity index (χ4n) is 3.38. The highest BCUT2D eigenvalue weighted by molar-refractivity contribution is 7.92. The predicted molar refractivity (Wildman–Crippen MR) is 124 cm³/mol. The number of sulfonamides is 1. The Morgan fingerprint density at radius 1 is 1.06 bits per heavy atom. The Bertz CT molecular complexity index is 1430. The molecule has 0 fully saturated rings. The average Bonchev–Trinajstić information content (AvgIpc) is 3.14. The summed E-state index contributed by atoms with van der Waals surface area (Å²) in [5.41, 5.74) is 2.05. The summed E-state index contributed by atoms with van der Waals surface area (Å²) in [4.78, 5) is 15.7. The zero-order chi connectivity index (χ0) is 23.0. The standard InChI is InChI=1S/C22H17Cl2N3O4S/c1-14-4-6-25-21(8-14)26-7-5-15-9-18(2-3-20(15)26)27(13-22(28)29)32(30,31)19-11-16(23)10-17(24)12-19/h2-12H,13H2,1H3,(H,28,29). The van der Waals surface area contributed by atoms with Crippen LogP contribution in [0.3, 0.4) is 0 Å². The van der Waals surface area contributed by atoms with E-state index in [-0.39, 0.29) is 20.6 Å². The quantitative estimate of drug-likeness (QED) is 0.414. The van der Waals surface area contributed by atoms with Crippen molar-refractivity contribution in [1.82, 2.24) is 9.55 Å². The first-order valence-corrected chi connectivity index (χ1v) is 11.6. The molecule has 1 N–H and O–H groups in total. The molecule has 2 aromatic heterocycles. The topological polar surface area (TPSA) is 92.5 Å². The molecule has 0 saturated heterocycles. The predicted octanol–water partition coefficient (Wildman–Crippen LogP) is 4.92. The number of benzene rings is 2. The van der Waals surface area contributed by atoms with Gasteiger partial charge in [0, 0.05) is 27.8 Å². The van der Waals surface area contributed by atoms with Gasteiger partial charge in [-0.25, -0.2) is 13.4 Å². The van der Waals surface area contributed by atoms with Gasteiger partial charge in [-0.2, -0.15) is 0 Å². The number of aliphatic carboxylic acids is 1. The zero-order valence-corrected chi connectivity index (χ0v) is 19.1. The van der Waals surface area contributed by atoms with Crippen molar-refractivity contribution in [1.29, 1.82) is 0 Å². The summed E-state index contributed by atoms with van der Waals surface area (Å²) >= 11 is 11.9. The summed E-state index contributed by atoms with van der Waals surface area (Å²) < 4.78 is 29.3. The van der Waals surface area contributed by atoms with E-state index in [1.807, 2.05) is 35.9 Å². The average molecular weight is 490 g/mol. The molecule has 2 aromatic carbocycles. The molecule has 0 unspecified atom stereocenters. The summed E-state index contributed by atoms with van der Waals surface area (Å²) in [5.74, 6) is -0.584. The Kier molecular flexibility index (Phi) is 5.85. The maximum atomic E-state index is 13.3. The first-order valence-electron chi connectivity index (χ1n) is 9.40. The highest BCUT2D eigenvalue weighted by atomic mass is 35.5. The molecule has 0 spiro atoms. The van der Waals surface area contributed by atoms with E-state index in [2.05, 4.69) is 4.98 Å². The van der Waals surface area contributed by atoms with E-state index in [0.29, 0.717) is 0 Å². The van der Waals surface area contributed by atoms with Gasteiger partial charge in [-0.1, -0.05) is 23.2 Å². The highest BCUT2D eigenvalue weighted by Crippen LogP contribution is 2.31. The third-order valence-electron chi connectivity index (χ3n) is 4.81. The molecule has 32 heavy (non-hydrogen) atoms. The molecule has 0 radical (unpaired) electrons. The number of hydrogen-bond acceptors (Lipinski definition) is 4. The van der Waals surface area contributed by atoms with Crippen molar-refractivity contribution >= 4 is 55.8 Å². The molecule has 0 bridgehead atoms. The first-order chi connectivity index (χ1) is 15.1. The number of rotatable bonds is 6. The lowest BCUT2D eigenvalue weighted by Gasteiger charge is -2.23.